The van der Waals surface area contributed by atoms with Crippen LogP contribution in [0.1, 0.15) is 79.4 Å². The summed E-state index contributed by atoms with van der Waals surface area (Å²) in [5.74, 6) is 1.20. The van der Waals surface area contributed by atoms with Crippen LogP contribution < -0.4 is 4.90 Å². The Morgan fingerprint density at radius 3 is 2.04 bits per heavy atom. The van der Waals surface area contributed by atoms with E-state index in [2.05, 4.69) is 156 Å². The number of rotatable bonds is 9. The predicted molar refractivity (Wildman–Crippen MR) is 201 cm³/mol. The van der Waals surface area contributed by atoms with Gasteiger partial charge in [-0.05, 0) is 89.6 Å². The number of nitrogens with zero attached hydrogens (tertiary/aromatic N) is 3. The van der Waals surface area contributed by atoms with E-state index in [1.54, 1.807) is 0 Å². The Labute approximate surface area is 282 Å². The largest absolute Gasteiger partial charge is 0.344 e. The second kappa shape index (κ2) is 12.6. The summed E-state index contributed by atoms with van der Waals surface area (Å²) in [6.07, 6.45) is 10.7. The molecule has 2 aliphatic heterocycles. The topological polar surface area (TPSA) is 30.0 Å². The van der Waals surface area contributed by atoms with E-state index in [9.17, 15) is 5.26 Å². The quantitative estimate of drug-likeness (QED) is 0.106. The zero-order chi connectivity index (χ0) is 33.5. The highest BCUT2D eigenvalue weighted by atomic mass is 15.2. The van der Waals surface area contributed by atoms with Gasteiger partial charge in [-0.2, -0.15) is 9.84 Å². The molecule has 0 unspecified atom stereocenters. The number of allylic oxidation sites excluding steroid dienone is 6. The molecule has 3 nitrogen and oxygen atoms in total. The van der Waals surface area contributed by atoms with Crippen LogP contribution in [-0.2, 0) is 10.8 Å². The van der Waals surface area contributed by atoms with Gasteiger partial charge in [0.05, 0.1) is 17.1 Å². The second-order valence-corrected chi connectivity index (χ2v) is 15.3. The van der Waals surface area contributed by atoms with Crippen LogP contribution in [0.2, 0.25) is 0 Å². The second-order valence-electron chi connectivity index (χ2n) is 15.3. The molecular formula is C44H50N3+. The Bertz CT molecular complexity index is 2010. The van der Waals surface area contributed by atoms with E-state index >= 15 is 0 Å². The number of fused-ring (bicyclic) bond motifs is 6. The average molecular weight is 621 g/mol. The van der Waals surface area contributed by atoms with Crippen molar-refractivity contribution in [3.05, 3.63) is 119 Å². The highest BCUT2D eigenvalue weighted by Crippen LogP contribution is 2.51. The molecule has 0 aromatic heterocycles. The molecular weight excluding hydrogens is 571 g/mol. The molecule has 0 saturated heterocycles. The summed E-state index contributed by atoms with van der Waals surface area (Å²) in [6, 6.07) is 29.1. The van der Waals surface area contributed by atoms with Gasteiger partial charge in [-0.3, -0.25) is 0 Å². The van der Waals surface area contributed by atoms with Crippen molar-refractivity contribution in [3.63, 3.8) is 0 Å². The maximum absolute atomic E-state index is 10.4. The highest BCUT2D eigenvalue weighted by Gasteiger charge is 2.45. The summed E-state index contributed by atoms with van der Waals surface area (Å²) in [4.78, 5) is 2.50. The Morgan fingerprint density at radius 1 is 0.787 bits per heavy atom. The molecule has 2 heterocycles. The predicted octanol–water partition coefficient (Wildman–Crippen LogP) is 11.1. The van der Waals surface area contributed by atoms with Gasteiger partial charge in [0.15, 0.2) is 5.71 Å². The number of hydrogen-bond donors (Lipinski definition) is 0. The van der Waals surface area contributed by atoms with E-state index < -0.39 is 0 Å². The summed E-state index contributed by atoms with van der Waals surface area (Å²) < 4.78 is 2.50. The number of hydrogen-bond acceptors (Lipinski definition) is 2. The molecule has 2 aliphatic rings. The summed E-state index contributed by atoms with van der Waals surface area (Å²) in [5, 5.41) is 15.6. The zero-order valence-electron chi connectivity index (χ0n) is 29.6. The fourth-order valence-corrected chi connectivity index (χ4v) is 7.79. The molecule has 0 bridgehead atoms. The Balaban J connectivity index is 1.42. The first-order valence-electron chi connectivity index (χ1n) is 17.4. The number of anilines is 1. The van der Waals surface area contributed by atoms with Crippen LogP contribution >= 0.6 is 0 Å². The highest BCUT2D eigenvalue weighted by molar-refractivity contribution is 6.07. The van der Waals surface area contributed by atoms with Crippen molar-refractivity contribution in [2.24, 2.45) is 11.8 Å². The lowest BCUT2D eigenvalue weighted by Crippen LogP contribution is -2.28. The summed E-state index contributed by atoms with van der Waals surface area (Å²) in [7, 11) is 0. The van der Waals surface area contributed by atoms with Crippen LogP contribution in [0, 0.1) is 23.2 Å². The lowest BCUT2D eigenvalue weighted by Gasteiger charge is -2.27. The van der Waals surface area contributed by atoms with E-state index in [0.29, 0.717) is 17.4 Å². The van der Waals surface area contributed by atoms with Gasteiger partial charge in [-0.1, -0.05) is 96.1 Å². The Hall–Kier alpha value is -4.42. The van der Waals surface area contributed by atoms with E-state index in [4.69, 9.17) is 0 Å². The molecule has 240 valence electrons. The van der Waals surface area contributed by atoms with Crippen molar-refractivity contribution in [2.75, 3.05) is 18.0 Å². The summed E-state index contributed by atoms with van der Waals surface area (Å²) >= 11 is 0. The first-order valence-corrected chi connectivity index (χ1v) is 17.4. The molecule has 0 radical (unpaired) electrons. The smallest absolute Gasteiger partial charge is 0.210 e. The minimum atomic E-state index is -0.202. The third-order valence-corrected chi connectivity index (χ3v) is 10.3. The maximum Gasteiger partial charge on any atom is 0.210 e. The van der Waals surface area contributed by atoms with Crippen LogP contribution in [-0.4, -0.2) is 23.4 Å². The van der Waals surface area contributed by atoms with Crippen molar-refractivity contribution in [2.45, 2.75) is 79.1 Å². The van der Waals surface area contributed by atoms with E-state index in [1.165, 1.54) is 55.5 Å². The molecule has 0 spiro atoms. The van der Waals surface area contributed by atoms with E-state index in [0.717, 1.165) is 25.9 Å². The monoisotopic (exact) mass is 620 g/mol. The van der Waals surface area contributed by atoms with Crippen molar-refractivity contribution < 1.29 is 4.58 Å². The van der Waals surface area contributed by atoms with Gasteiger partial charge in [0.2, 0.25) is 5.69 Å². The van der Waals surface area contributed by atoms with Crippen LogP contribution in [0.5, 0.6) is 0 Å². The fourth-order valence-electron chi connectivity index (χ4n) is 7.79. The molecule has 0 saturated carbocycles. The molecule has 6 rings (SSSR count). The standard InChI is InChI=1S/C44H50N3/c1-30(2)25-27-46-37-21-19-33-13-9-11-15-35(33)41(37)43(5,6)39(46)23-17-32(29-45)18-24-40-44(7,8)42-36-16-12-10-14-34(36)20-22-38(42)47(40)28-26-31(3)4/h9-24,30-31H,25-28H2,1-8H3/q+1. The van der Waals surface area contributed by atoms with Gasteiger partial charge >= 0.3 is 0 Å². The van der Waals surface area contributed by atoms with Gasteiger partial charge in [0.1, 0.15) is 6.54 Å². The Kier molecular flexibility index (Phi) is 8.75. The SMILES string of the molecule is CC(C)CCN1/C(=C/C=C(C#N)/C=C/C2=[N+](CCC(C)C)c3ccc4ccccc4c3C2(C)C)C(C)(C)c2c1ccc1ccccc21. The first-order chi connectivity index (χ1) is 22.4. The van der Waals surface area contributed by atoms with Crippen molar-refractivity contribution >= 4 is 38.6 Å². The molecule has 4 aromatic carbocycles. The van der Waals surface area contributed by atoms with Crippen molar-refractivity contribution in [3.8, 4) is 6.07 Å². The van der Waals surface area contributed by atoms with Crippen LogP contribution in [0.4, 0.5) is 11.4 Å². The first kappa shape index (κ1) is 32.5. The van der Waals surface area contributed by atoms with Gasteiger partial charge in [-0.25, -0.2) is 0 Å². The molecule has 0 atom stereocenters. The van der Waals surface area contributed by atoms with Crippen LogP contribution in [0.3, 0.4) is 0 Å². The molecule has 3 heteroatoms. The summed E-state index contributed by atoms with van der Waals surface area (Å²) in [5.41, 5.74) is 8.08. The normalized spacial score (nSPS) is 17.9. The number of nitriles is 1. The molecule has 0 amide bonds. The average Bonchev–Trinajstić information content (AvgIpc) is 3.40. The van der Waals surface area contributed by atoms with Gasteiger partial charge in [0.25, 0.3) is 0 Å². The van der Waals surface area contributed by atoms with Gasteiger partial charge < -0.3 is 4.90 Å². The minimum Gasteiger partial charge on any atom is -0.344 e. The minimum absolute atomic E-state index is 0.202. The maximum atomic E-state index is 10.4. The van der Waals surface area contributed by atoms with E-state index in [1.807, 2.05) is 12.2 Å². The third kappa shape index (κ3) is 5.84. The van der Waals surface area contributed by atoms with E-state index in [-0.39, 0.29) is 10.8 Å². The van der Waals surface area contributed by atoms with Crippen molar-refractivity contribution in [1.29, 1.82) is 5.26 Å². The zero-order valence-corrected chi connectivity index (χ0v) is 29.6. The summed E-state index contributed by atoms with van der Waals surface area (Å²) in [6.45, 7) is 20.4. The molecule has 47 heavy (non-hydrogen) atoms. The third-order valence-electron chi connectivity index (χ3n) is 10.3. The molecule has 0 N–H and O–H groups in total. The lowest BCUT2D eigenvalue weighted by atomic mass is 9.79. The Morgan fingerprint density at radius 2 is 1.40 bits per heavy atom. The number of benzene rings is 4. The lowest BCUT2D eigenvalue weighted by molar-refractivity contribution is -0.439. The van der Waals surface area contributed by atoms with Gasteiger partial charge in [0, 0.05) is 47.5 Å². The molecule has 0 fully saturated rings. The fraction of sp³-hybridized carbons (Fsp3) is 0.364. The molecule has 0 aliphatic carbocycles. The van der Waals surface area contributed by atoms with Gasteiger partial charge in [-0.15, -0.1) is 0 Å². The van der Waals surface area contributed by atoms with Crippen LogP contribution in [0.25, 0.3) is 21.5 Å². The van der Waals surface area contributed by atoms with Crippen LogP contribution in [0.15, 0.2) is 108 Å². The molecule has 4 aromatic rings. The van der Waals surface area contributed by atoms with Crippen molar-refractivity contribution in [1.82, 2.24) is 0 Å².